The predicted molar refractivity (Wildman–Crippen MR) is 43.9 cm³/mol. The van der Waals surface area contributed by atoms with Crippen LogP contribution in [0, 0.1) is 29.1 Å². The Morgan fingerprint density at radius 1 is 0.941 bits per heavy atom. The Labute approximate surface area is 91.7 Å². The van der Waals surface area contributed by atoms with Gasteiger partial charge in [0.05, 0.1) is 6.61 Å². The first kappa shape index (κ1) is 13.2. The number of ether oxygens (including phenoxy) is 2. The molecular formula is C9H5F5O3. The molecule has 0 spiro atoms. The quantitative estimate of drug-likeness (QED) is 0.268. The maximum atomic E-state index is 12.9. The van der Waals surface area contributed by atoms with Crippen molar-refractivity contribution >= 4 is 6.16 Å². The minimum Gasteiger partial charge on any atom is -0.434 e. The molecule has 0 saturated carbocycles. The molecule has 0 aliphatic rings. The van der Waals surface area contributed by atoms with E-state index >= 15 is 0 Å². The molecule has 1 aromatic rings. The molecule has 8 heteroatoms. The summed E-state index contributed by atoms with van der Waals surface area (Å²) in [4.78, 5) is 10.7. The van der Waals surface area contributed by atoms with Crippen LogP contribution in [0.15, 0.2) is 0 Å². The van der Waals surface area contributed by atoms with Gasteiger partial charge < -0.3 is 9.47 Å². The Bertz CT molecular complexity index is 431. The first-order valence-corrected chi connectivity index (χ1v) is 4.26. The van der Waals surface area contributed by atoms with Gasteiger partial charge in [-0.15, -0.1) is 0 Å². The van der Waals surface area contributed by atoms with Crippen molar-refractivity contribution in [1.82, 2.24) is 0 Å². The Balaban J connectivity index is 3.20. The van der Waals surface area contributed by atoms with Gasteiger partial charge in [0.2, 0.25) is 34.8 Å². The van der Waals surface area contributed by atoms with Gasteiger partial charge >= 0.3 is 6.16 Å². The SMILES string of the molecule is CCOC(=O)Oc1c(F)c(F)c(F)c(F)c1F. The van der Waals surface area contributed by atoms with Crippen LogP contribution in [0.4, 0.5) is 26.7 Å². The van der Waals surface area contributed by atoms with Crippen LogP contribution in [0.25, 0.3) is 0 Å². The van der Waals surface area contributed by atoms with E-state index in [1.165, 1.54) is 6.92 Å². The summed E-state index contributed by atoms with van der Waals surface area (Å²) in [6, 6.07) is 0. The van der Waals surface area contributed by atoms with E-state index < -0.39 is 41.0 Å². The lowest BCUT2D eigenvalue weighted by Crippen LogP contribution is -2.14. The van der Waals surface area contributed by atoms with Crippen LogP contribution in [-0.2, 0) is 4.74 Å². The fourth-order valence-corrected chi connectivity index (χ4v) is 0.905. The third-order valence-corrected chi connectivity index (χ3v) is 1.62. The number of halogens is 5. The van der Waals surface area contributed by atoms with Gasteiger partial charge in [-0.1, -0.05) is 0 Å². The van der Waals surface area contributed by atoms with Crippen LogP contribution < -0.4 is 4.74 Å². The molecule has 3 nitrogen and oxygen atoms in total. The van der Waals surface area contributed by atoms with Gasteiger partial charge in [-0.05, 0) is 6.92 Å². The first-order valence-electron chi connectivity index (χ1n) is 4.26. The number of carbonyl (C=O) groups is 1. The molecule has 0 radical (unpaired) electrons. The number of hydrogen-bond donors (Lipinski definition) is 0. The minimum atomic E-state index is -2.34. The molecule has 0 aliphatic heterocycles. The van der Waals surface area contributed by atoms with Gasteiger partial charge in [0.1, 0.15) is 0 Å². The zero-order valence-electron chi connectivity index (χ0n) is 8.32. The van der Waals surface area contributed by atoms with Crippen LogP contribution in [-0.4, -0.2) is 12.8 Å². The van der Waals surface area contributed by atoms with Gasteiger partial charge in [0.25, 0.3) is 0 Å². The Hall–Kier alpha value is -1.86. The summed E-state index contributed by atoms with van der Waals surface area (Å²) in [7, 11) is 0. The normalized spacial score (nSPS) is 10.2. The highest BCUT2D eigenvalue weighted by molar-refractivity contribution is 5.64. The lowest BCUT2D eigenvalue weighted by atomic mass is 10.3. The van der Waals surface area contributed by atoms with Crippen molar-refractivity contribution in [2.45, 2.75) is 6.92 Å². The zero-order valence-corrected chi connectivity index (χ0v) is 8.32. The van der Waals surface area contributed by atoms with Crippen molar-refractivity contribution in [2.24, 2.45) is 0 Å². The van der Waals surface area contributed by atoms with E-state index in [0.717, 1.165) is 0 Å². The second kappa shape index (κ2) is 4.98. The van der Waals surface area contributed by atoms with Crippen LogP contribution in [0.1, 0.15) is 6.92 Å². The molecule has 1 aromatic carbocycles. The molecule has 0 heterocycles. The first-order chi connectivity index (χ1) is 7.90. The van der Waals surface area contributed by atoms with E-state index in [1.807, 2.05) is 0 Å². The van der Waals surface area contributed by atoms with Gasteiger partial charge in [0.15, 0.2) is 0 Å². The van der Waals surface area contributed by atoms with Crippen molar-refractivity contribution < 1.29 is 36.2 Å². The van der Waals surface area contributed by atoms with E-state index in [2.05, 4.69) is 9.47 Å². The monoisotopic (exact) mass is 256 g/mol. The maximum absolute atomic E-state index is 12.9. The lowest BCUT2D eigenvalue weighted by molar-refractivity contribution is 0.0997. The van der Waals surface area contributed by atoms with Crippen LogP contribution in [0.5, 0.6) is 5.75 Å². The van der Waals surface area contributed by atoms with Crippen LogP contribution in [0.3, 0.4) is 0 Å². The molecule has 0 fully saturated rings. The fourth-order valence-electron chi connectivity index (χ4n) is 0.905. The maximum Gasteiger partial charge on any atom is 0.514 e. The van der Waals surface area contributed by atoms with Crippen molar-refractivity contribution in [3.8, 4) is 5.75 Å². The molecule has 0 aliphatic carbocycles. The van der Waals surface area contributed by atoms with E-state index in [0.29, 0.717) is 0 Å². The zero-order chi connectivity index (χ0) is 13.2. The molecule has 0 aromatic heterocycles. The van der Waals surface area contributed by atoms with E-state index in [4.69, 9.17) is 0 Å². The highest BCUT2D eigenvalue weighted by atomic mass is 19.2. The summed E-state index contributed by atoms with van der Waals surface area (Å²) in [6.45, 7) is 1.17. The van der Waals surface area contributed by atoms with Gasteiger partial charge in [-0.3, -0.25) is 0 Å². The average Bonchev–Trinajstić information content (AvgIpc) is 2.30. The number of rotatable bonds is 2. The van der Waals surface area contributed by atoms with Crippen molar-refractivity contribution in [1.29, 1.82) is 0 Å². The number of carbonyl (C=O) groups excluding carboxylic acids is 1. The van der Waals surface area contributed by atoms with E-state index in [-0.39, 0.29) is 6.61 Å². The largest absolute Gasteiger partial charge is 0.514 e. The Kier molecular flexibility index (Phi) is 3.87. The summed E-state index contributed by atoms with van der Waals surface area (Å²) in [6.07, 6.45) is -1.57. The molecule has 0 saturated heterocycles. The van der Waals surface area contributed by atoms with Crippen LogP contribution >= 0.6 is 0 Å². The number of benzene rings is 1. The molecule has 17 heavy (non-hydrogen) atoms. The van der Waals surface area contributed by atoms with Crippen LogP contribution in [0.2, 0.25) is 0 Å². The summed E-state index contributed by atoms with van der Waals surface area (Å²) in [5.74, 6) is -12.9. The average molecular weight is 256 g/mol. The van der Waals surface area contributed by atoms with Crippen molar-refractivity contribution in [3.05, 3.63) is 29.1 Å². The Morgan fingerprint density at radius 3 is 1.76 bits per heavy atom. The highest BCUT2D eigenvalue weighted by Crippen LogP contribution is 2.29. The third-order valence-electron chi connectivity index (χ3n) is 1.62. The molecule has 0 bridgehead atoms. The summed E-state index contributed by atoms with van der Waals surface area (Å²) in [5, 5.41) is 0. The second-order valence-corrected chi connectivity index (χ2v) is 2.68. The molecular weight excluding hydrogens is 251 g/mol. The van der Waals surface area contributed by atoms with Gasteiger partial charge in [0, 0.05) is 0 Å². The third kappa shape index (κ3) is 2.45. The van der Waals surface area contributed by atoms with E-state index in [9.17, 15) is 26.7 Å². The number of hydrogen-bond acceptors (Lipinski definition) is 3. The predicted octanol–water partition coefficient (Wildman–Crippen LogP) is 2.92. The molecule has 94 valence electrons. The minimum absolute atomic E-state index is 0.186. The van der Waals surface area contributed by atoms with Gasteiger partial charge in [-0.2, -0.15) is 8.78 Å². The van der Waals surface area contributed by atoms with E-state index in [1.54, 1.807) is 0 Å². The standard InChI is InChI=1S/C9H5F5O3/c1-2-16-9(15)17-8-6(13)4(11)3(10)5(12)7(8)14/h2H2,1H3. The lowest BCUT2D eigenvalue weighted by Gasteiger charge is -2.08. The Morgan fingerprint density at radius 2 is 1.35 bits per heavy atom. The topological polar surface area (TPSA) is 35.5 Å². The fraction of sp³-hybridized carbons (Fsp3) is 0.222. The molecule has 0 atom stereocenters. The summed E-state index contributed by atoms with van der Waals surface area (Å²) in [5.41, 5.74) is 0. The van der Waals surface area contributed by atoms with Gasteiger partial charge in [-0.25, -0.2) is 18.0 Å². The second-order valence-electron chi connectivity index (χ2n) is 2.68. The smallest absolute Gasteiger partial charge is 0.434 e. The van der Waals surface area contributed by atoms with Crippen molar-refractivity contribution in [2.75, 3.05) is 6.61 Å². The molecule has 0 N–H and O–H groups in total. The summed E-state index contributed by atoms with van der Waals surface area (Å²) >= 11 is 0. The van der Waals surface area contributed by atoms with Crippen molar-refractivity contribution in [3.63, 3.8) is 0 Å². The molecule has 1 rings (SSSR count). The molecule has 0 unspecified atom stereocenters. The molecule has 0 amide bonds. The highest BCUT2D eigenvalue weighted by Gasteiger charge is 2.28. The summed E-state index contributed by atoms with van der Waals surface area (Å²) < 4.78 is 71.8.